The topological polar surface area (TPSA) is 82.7 Å². The lowest BCUT2D eigenvalue weighted by molar-refractivity contribution is 0.288. The van der Waals surface area contributed by atoms with Crippen LogP contribution in [0, 0.1) is 6.92 Å². The van der Waals surface area contributed by atoms with Crippen LogP contribution in [0.3, 0.4) is 0 Å². The maximum atomic E-state index is 9.08. The average Bonchev–Trinajstić information content (AvgIpc) is 2.61. The summed E-state index contributed by atoms with van der Waals surface area (Å²) in [5, 5.41) is 15.9. The number of rotatable bonds is 9. The number of nitrogens with one attached hydrogen (secondary N) is 2. The summed E-state index contributed by atoms with van der Waals surface area (Å²) in [6, 6.07) is 12.5. The van der Waals surface area contributed by atoms with Gasteiger partial charge in [0.2, 0.25) is 0 Å². The molecule has 2 aromatic carbocycles. The predicted octanol–water partition coefficient (Wildman–Crippen LogP) is 3.58. The predicted molar refractivity (Wildman–Crippen MR) is 107 cm³/mol. The highest BCUT2D eigenvalue weighted by Gasteiger charge is 2.05. The number of aliphatic imine (C=N–C) groups is 1. The second-order valence-corrected chi connectivity index (χ2v) is 6.00. The van der Waals surface area contributed by atoms with Crippen LogP contribution in [0.25, 0.3) is 0 Å². The average molecular weight is 340 g/mol. The molecule has 0 bridgehead atoms. The second-order valence-electron chi connectivity index (χ2n) is 6.00. The number of hydrogen-bond donors (Lipinski definition) is 4. The van der Waals surface area contributed by atoms with Gasteiger partial charge in [0, 0.05) is 25.4 Å². The number of nitrogens with two attached hydrogens (primary N) is 1. The summed E-state index contributed by atoms with van der Waals surface area (Å²) < 4.78 is 0. The molecule has 0 heterocycles. The largest absolute Gasteiger partial charge is 0.396 e. The molecule has 2 aromatic rings. The fraction of sp³-hybridized carbons (Fsp3) is 0.350. The van der Waals surface area contributed by atoms with E-state index in [9.17, 15) is 0 Å². The lowest BCUT2D eigenvalue weighted by atomic mass is 10.0. The first-order valence-electron chi connectivity index (χ1n) is 8.73. The SMILES string of the molecule is CCNc1cc(CNc2cc(C)ccc2CCCO)ccc1N=CN. The maximum absolute atomic E-state index is 9.08. The molecule has 0 amide bonds. The first-order chi connectivity index (χ1) is 12.2. The van der Waals surface area contributed by atoms with Gasteiger partial charge in [0.15, 0.2) is 0 Å². The molecule has 0 radical (unpaired) electrons. The van der Waals surface area contributed by atoms with Crippen LogP contribution in [0.5, 0.6) is 0 Å². The normalized spacial score (nSPS) is 11.0. The zero-order chi connectivity index (χ0) is 18.1. The number of benzene rings is 2. The summed E-state index contributed by atoms with van der Waals surface area (Å²) in [5.41, 5.74) is 12.0. The number of anilines is 2. The van der Waals surface area contributed by atoms with Gasteiger partial charge in [0.1, 0.15) is 0 Å². The van der Waals surface area contributed by atoms with Crippen LogP contribution in [-0.2, 0) is 13.0 Å². The summed E-state index contributed by atoms with van der Waals surface area (Å²) in [5.74, 6) is 0. The van der Waals surface area contributed by atoms with E-state index >= 15 is 0 Å². The van der Waals surface area contributed by atoms with E-state index in [0.29, 0.717) is 0 Å². The lowest BCUT2D eigenvalue weighted by Crippen LogP contribution is -2.05. The van der Waals surface area contributed by atoms with Crippen molar-refractivity contribution in [1.29, 1.82) is 0 Å². The minimum absolute atomic E-state index is 0.211. The van der Waals surface area contributed by atoms with Crippen LogP contribution in [-0.4, -0.2) is 24.6 Å². The smallest absolute Gasteiger partial charge is 0.0878 e. The fourth-order valence-electron chi connectivity index (χ4n) is 2.76. The van der Waals surface area contributed by atoms with Gasteiger partial charge >= 0.3 is 0 Å². The van der Waals surface area contributed by atoms with Crippen LogP contribution in [0.4, 0.5) is 17.1 Å². The first kappa shape index (κ1) is 18.8. The van der Waals surface area contributed by atoms with E-state index in [-0.39, 0.29) is 6.61 Å². The minimum Gasteiger partial charge on any atom is -0.396 e. The highest BCUT2D eigenvalue weighted by Crippen LogP contribution is 2.27. The van der Waals surface area contributed by atoms with Crippen molar-refractivity contribution in [2.24, 2.45) is 10.7 Å². The monoisotopic (exact) mass is 340 g/mol. The van der Waals surface area contributed by atoms with E-state index in [1.54, 1.807) is 0 Å². The van der Waals surface area contributed by atoms with Crippen LogP contribution in [0.2, 0.25) is 0 Å². The molecule has 25 heavy (non-hydrogen) atoms. The van der Waals surface area contributed by atoms with Crippen molar-refractivity contribution < 1.29 is 5.11 Å². The summed E-state index contributed by atoms with van der Waals surface area (Å²) in [6.45, 7) is 5.90. The van der Waals surface area contributed by atoms with Gasteiger partial charge in [-0.3, -0.25) is 0 Å². The quantitative estimate of drug-likeness (QED) is 0.415. The first-order valence-corrected chi connectivity index (χ1v) is 8.73. The zero-order valence-electron chi connectivity index (χ0n) is 15.0. The number of nitrogens with zero attached hydrogens (tertiary/aromatic N) is 1. The molecule has 0 saturated heterocycles. The van der Waals surface area contributed by atoms with Gasteiger partial charge in [0.25, 0.3) is 0 Å². The number of aryl methyl sites for hydroxylation is 2. The molecule has 134 valence electrons. The van der Waals surface area contributed by atoms with Crippen LogP contribution >= 0.6 is 0 Å². The highest BCUT2D eigenvalue weighted by molar-refractivity contribution is 5.72. The van der Waals surface area contributed by atoms with E-state index in [2.05, 4.69) is 59.8 Å². The summed E-state index contributed by atoms with van der Waals surface area (Å²) >= 11 is 0. The third-order valence-electron chi connectivity index (χ3n) is 3.99. The number of aliphatic hydroxyl groups excluding tert-OH is 1. The fourth-order valence-corrected chi connectivity index (χ4v) is 2.76. The number of hydrogen-bond acceptors (Lipinski definition) is 4. The Morgan fingerprint density at radius 1 is 1.12 bits per heavy atom. The van der Waals surface area contributed by atoms with Gasteiger partial charge in [-0.1, -0.05) is 18.2 Å². The molecule has 0 unspecified atom stereocenters. The van der Waals surface area contributed by atoms with E-state index in [4.69, 9.17) is 10.8 Å². The maximum Gasteiger partial charge on any atom is 0.0878 e. The number of aliphatic hydroxyl groups is 1. The van der Waals surface area contributed by atoms with Crippen molar-refractivity contribution in [3.05, 3.63) is 53.1 Å². The van der Waals surface area contributed by atoms with Crippen molar-refractivity contribution in [2.45, 2.75) is 33.2 Å². The zero-order valence-corrected chi connectivity index (χ0v) is 15.0. The molecule has 5 nitrogen and oxygen atoms in total. The van der Waals surface area contributed by atoms with Crippen molar-refractivity contribution in [2.75, 3.05) is 23.8 Å². The Bertz CT molecular complexity index is 713. The van der Waals surface area contributed by atoms with E-state index < -0.39 is 0 Å². The summed E-state index contributed by atoms with van der Waals surface area (Å²) in [7, 11) is 0. The molecular formula is C20H28N4O. The van der Waals surface area contributed by atoms with Gasteiger partial charge in [-0.25, -0.2) is 4.99 Å². The van der Waals surface area contributed by atoms with Crippen molar-refractivity contribution in [1.82, 2.24) is 0 Å². The Hall–Kier alpha value is -2.53. The Labute approximate surface area is 150 Å². The van der Waals surface area contributed by atoms with Crippen LogP contribution in [0.1, 0.15) is 30.0 Å². The van der Waals surface area contributed by atoms with Crippen LogP contribution in [0.15, 0.2) is 41.4 Å². The van der Waals surface area contributed by atoms with Crippen LogP contribution < -0.4 is 16.4 Å². The van der Waals surface area contributed by atoms with E-state index in [1.807, 2.05) is 6.07 Å². The second kappa shape index (κ2) is 9.69. The van der Waals surface area contributed by atoms with Crippen molar-refractivity contribution in [3.63, 3.8) is 0 Å². The highest BCUT2D eigenvalue weighted by atomic mass is 16.2. The molecule has 0 saturated carbocycles. The summed E-state index contributed by atoms with van der Waals surface area (Å²) in [4.78, 5) is 4.19. The van der Waals surface area contributed by atoms with Gasteiger partial charge < -0.3 is 21.5 Å². The standard InChI is InChI=1S/C20H28N4O/c1-3-22-20-12-16(7-9-18(20)24-14-21)13-23-19-11-15(2)6-8-17(19)5-4-10-25/h6-9,11-12,14,22-23,25H,3-5,10,13H2,1-2H3,(H2,21,24). The van der Waals surface area contributed by atoms with E-state index in [1.165, 1.54) is 23.0 Å². The van der Waals surface area contributed by atoms with Gasteiger partial charge in [-0.05, 0) is 61.6 Å². The molecule has 5 heteroatoms. The molecular weight excluding hydrogens is 312 g/mol. The molecule has 5 N–H and O–H groups in total. The summed E-state index contributed by atoms with van der Waals surface area (Å²) in [6.07, 6.45) is 2.95. The molecule has 0 aromatic heterocycles. The Morgan fingerprint density at radius 2 is 1.96 bits per heavy atom. The molecule has 0 atom stereocenters. The minimum atomic E-state index is 0.211. The Morgan fingerprint density at radius 3 is 2.68 bits per heavy atom. The molecule has 0 aliphatic carbocycles. The molecule has 0 fully saturated rings. The molecule has 2 rings (SSSR count). The van der Waals surface area contributed by atoms with Crippen molar-refractivity contribution in [3.8, 4) is 0 Å². The van der Waals surface area contributed by atoms with E-state index in [0.717, 1.165) is 43.0 Å². The Balaban J connectivity index is 2.15. The van der Waals surface area contributed by atoms with Crippen molar-refractivity contribution >= 4 is 23.4 Å². The molecule has 0 aliphatic rings. The van der Waals surface area contributed by atoms with Gasteiger partial charge in [-0.15, -0.1) is 0 Å². The Kier molecular flexibility index (Phi) is 7.29. The third kappa shape index (κ3) is 5.50. The molecule has 0 spiro atoms. The van der Waals surface area contributed by atoms with Gasteiger partial charge in [-0.2, -0.15) is 0 Å². The third-order valence-corrected chi connectivity index (χ3v) is 3.99. The molecule has 0 aliphatic heterocycles. The van der Waals surface area contributed by atoms with Gasteiger partial charge in [0.05, 0.1) is 17.7 Å². The lowest BCUT2D eigenvalue weighted by Gasteiger charge is -2.14.